The summed E-state index contributed by atoms with van der Waals surface area (Å²) in [4.78, 5) is 21.7. The normalized spacial score (nSPS) is 9.13. The van der Waals surface area contributed by atoms with E-state index >= 15 is 0 Å². The molecule has 0 bridgehead atoms. The predicted molar refractivity (Wildman–Crippen MR) is 57.5 cm³/mol. The van der Waals surface area contributed by atoms with Gasteiger partial charge in [-0.15, -0.1) is 6.58 Å². The van der Waals surface area contributed by atoms with E-state index in [0.717, 1.165) is 6.42 Å². The maximum absolute atomic E-state index is 11.0. The summed E-state index contributed by atoms with van der Waals surface area (Å²) in [5.41, 5.74) is 0. The number of nitrogens with one attached hydrogen (secondary N) is 2. The number of rotatable bonds is 7. The zero-order chi connectivity index (χ0) is 11.5. The van der Waals surface area contributed by atoms with Crippen LogP contribution in [0.5, 0.6) is 0 Å². The highest BCUT2D eigenvalue weighted by molar-refractivity contribution is 5.73. The Labute approximate surface area is 89.9 Å². The quantitative estimate of drug-likeness (QED) is 0.374. The minimum atomic E-state index is -0.217. The molecule has 86 valence electrons. The molecule has 2 amide bonds. The van der Waals surface area contributed by atoms with Crippen LogP contribution >= 0.6 is 0 Å². The predicted octanol–water partition coefficient (Wildman–Crippen LogP) is 0.815. The minimum absolute atomic E-state index is 0.215. The van der Waals surface area contributed by atoms with Crippen molar-refractivity contribution in [2.24, 2.45) is 0 Å². The third-order valence-corrected chi connectivity index (χ3v) is 1.73. The van der Waals surface area contributed by atoms with Crippen molar-refractivity contribution in [3.63, 3.8) is 0 Å². The number of hydrogen-bond donors (Lipinski definition) is 2. The molecule has 0 aromatic carbocycles. The van der Waals surface area contributed by atoms with Gasteiger partial charge in [-0.25, -0.2) is 4.79 Å². The first-order valence-electron chi connectivity index (χ1n) is 4.90. The van der Waals surface area contributed by atoms with Gasteiger partial charge in [0.1, 0.15) is 0 Å². The van der Waals surface area contributed by atoms with Crippen LogP contribution in [0.2, 0.25) is 0 Å². The van der Waals surface area contributed by atoms with Crippen LogP contribution in [0, 0.1) is 0 Å². The van der Waals surface area contributed by atoms with Gasteiger partial charge in [0.2, 0.25) is 0 Å². The fraction of sp³-hybridized carbons (Fsp3) is 0.600. The fourth-order valence-corrected chi connectivity index (χ4v) is 0.926. The molecule has 0 rings (SSSR count). The molecule has 0 heterocycles. The van der Waals surface area contributed by atoms with Crippen molar-refractivity contribution < 1.29 is 14.3 Å². The lowest BCUT2D eigenvalue weighted by Crippen LogP contribution is -2.35. The summed E-state index contributed by atoms with van der Waals surface area (Å²) in [7, 11) is 1.36. The Morgan fingerprint density at radius 1 is 1.33 bits per heavy atom. The molecule has 0 aromatic rings. The van der Waals surface area contributed by atoms with E-state index in [1.165, 1.54) is 7.11 Å². The molecule has 15 heavy (non-hydrogen) atoms. The Balaban J connectivity index is 3.26. The molecule has 0 aliphatic heterocycles. The molecule has 0 spiro atoms. The zero-order valence-electron chi connectivity index (χ0n) is 9.04. The van der Waals surface area contributed by atoms with Crippen molar-refractivity contribution in [3.05, 3.63) is 12.7 Å². The lowest BCUT2D eigenvalue weighted by molar-refractivity contribution is -0.140. The molecule has 0 saturated carbocycles. The Morgan fingerprint density at radius 3 is 2.67 bits per heavy atom. The van der Waals surface area contributed by atoms with Gasteiger partial charge in [0.25, 0.3) is 0 Å². The number of esters is 1. The van der Waals surface area contributed by atoms with Crippen LogP contribution in [-0.4, -0.2) is 32.2 Å². The van der Waals surface area contributed by atoms with Gasteiger partial charge in [-0.05, 0) is 12.8 Å². The fourth-order valence-electron chi connectivity index (χ4n) is 0.926. The molecule has 0 unspecified atom stereocenters. The van der Waals surface area contributed by atoms with Gasteiger partial charge in [-0.1, -0.05) is 6.08 Å². The van der Waals surface area contributed by atoms with Gasteiger partial charge in [-0.3, -0.25) is 4.79 Å². The number of urea groups is 1. The molecule has 0 atom stereocenters. The van der Waals surface area contributed by atoms with Gasteiger partial charge in [0.05, 0.1) is 7.11 Å². The molecule has 0 aromatic heterocycles. The highest BCUT2D eigenvalue weighted by Gasteiger charge is 2.00. The summed E-state index contributed by atoms with van der Waals surface area (Å²) >= 11 is 0. The number of carbonyl (C=O) groups excluding carboxylic acids is 2. The van der Waals surface area contributed by atoms with Crippen molar-refractivity contribution in [2.75, 3.05) is 20.2 Å². The van der Waals surface area contributed by atoms with Crippen LogP contribution in [0.4, 0.5) is 4.79 Å². The van der Waals surface area contributed by atoms with Crippen LogP contribution in [-0.2, 0) is 9.53 Å². The van der Waals surface area contributed by atoms with E-state index in [0.29, 0.717) is 25.9 Å². The largest absolute Gasteiger partial charge is 0.469 e. The van der Waals surface area contributed by atoms with Crippen molar-refractivity contribution >= 4 is 12.0 Å². The van der Waals surface area contributed by atoms with Gasteiger partial charge >= 0.3 is 12.0 Å². The lowest BCUT2D eigenvalue weighted by Gasteiger charge is -2.05. The average Bonchev–Trinajstić information content (AvgIpc) is 2.25. The van der Waals surface area contributed by atoms with Crippen LogP contribution in [0.15, 0.2) is 12.7 Å². The van der Waals surface area contributed by atoms with Gasteiger partial charge in [0, 0.05) is 19.5 Å². The topological polar surface area (TPSA) is 67.4 Å². The molecule has 0 saturated heterocycles. The molecule has 0 aliphatic carbocycles. The van der Waals surface area contributed by atoms with E-state index in [1.807, 2.05) is 0 Å². The van der Waals surface area contributed by atoms with Crippen molar-refractivity contribution in [1.82, 2.24) is 10.6 Å². The van der Waals surface area contributed by atoms with Crippen molar-refractivity contribution in [2.45, 2.75) is 19.3 Å². The molecule has 0 aliphatic rings. The molecule has 5 nitrogen and oxygen atoms in total. The summed E-state index contributed by atoms with van der Waals surface area (Å²) in [6.45, 7) is 4.49. The number of hydrogen-bond acceptors (Lipinski definition) is 3. The first kappa shape index (κ1) is 13.5. The SMILES string of the molecule is C=CCNC(=O)NCCCCC(=O)OC. The number of amides is 2. The third kappa shape index (κ3) is 8.80. The van der Waals surface area contributed by atoms with E-state index in [9.17, 15) is 9.59 Å². The Hall–Kier alpha value is -1.52. The van der Waals surface area contributed by atoms with Crippen LogP contribution in [0.1, 0.15) is 19.3 Å². The molecule has 5 heteroatoms. The van der Waals surface area contributed by atoms with Crippen LogP contribution in [0.25, 0.3) is 0 Å². The Bertz CT molecular complexity index is 217. The zero-order valence-corrected chi connectivity index (χ0v) is 9.04. The van der Waals surface area contributed by atoms with E-state index in [2.05, 4.69) is 21.9 Å². The first-order valence-corrected chi connectivity index (χ1v) is 4.90. The first-order chi connectivity index (χ1) is 7.20. The molecule has 0 fully saturated rings. The molecule has 2 N–H and O–H groups in total. The van der Waals surface area contributed by atoms with E-state index in [-0.39, 0.29) is 12.0 Å². The Morgan fingerprint density at radius 2 is 2.07 bits per heavy atom. The molecular weight excluding hydrogens is 196 g/mol. The van der Waals surface area contributed by atoms with Crippen molar-refractivity contribution in [3.8, 4) is 0 Å². The number of methoxy groups -OCH3 is 1. The second-order valence-electron chi connectivity index (χ2n) is 2.96. The number of carbonyl (C=O) groups is 2. The lowest BCUT2D eigenvalue weighted by atomic mass is 10.2. The standard InChI is InChI=1S/C10H18N2O3/c1-3-7-11-10(14)12-8-5-4-6-9(13)15-2/h3H,1,4-8H2,2H3,(H2,11,12,14). The monoisotopic (exact) mass is 214 g/mol. The average molecular weight is 214 g/mol. The maximum atomic E-state index is 11.0. The van der Waals surface area contributed by atoms with Crippen LogP contribution < -0.4 is 10.6 Å². The second kappa shape index (κ2) is 9.05. The second-order valence-corrected chi connectivity index (χ2v) is 2.96. The summed E-state index contributed by atoms with van der Waals surface area (Å²) < 4.78 is 4.48. The number of unbranched alkanes of at least 4 members (excludes halogenated alkanes) is 1. The summed E-state index contributed by atoms with van der Waals surface area (Å²) in [5, 5.41) is 5.24. The summed E-state index contributed by atoms with van der Waals surface area (Å²) in [5.74, 6) is -0.217. The van der Waals surface area contributed by atoms with E-state index in [4.69, 9.17) is 0 Å². The molecule has 0 radical (unpaired) electrons. The van der Waals surface area contributed by atoms with Gasteiger partial charge in [-0.2, -0.15) is 0 Å². The maximum Gasteiger partial charge on any atom is 0.315 e. The highest BCUT2D eigenvalue weighted by Crippen LogP contribution is 1.95. The van der Waals surface area contributed by atoms with Gasteiger partial charge in [0.15, 0.2) is 0 Å². The molecular formula is C10H18N2O3. The van der Waals surface area contributed by atoms with Crippen LogP contribution in [0.3, 0.4) is 0 Å². The Kier molecular flexibility index (Phi) is 8.13. The highest BCUT2D eigenvalue weighted by atomic mass is 16.5. The third-order valence-electron chi connectivity index (χ3n) is 1.73. The minimum Gasteiger partial charge on any atom is -0.469 e. The smallest absolute Gasteiger partial charge is 0.315 e. The summed E-state index contributed by atoms with van der Waals surface area (Å²) in [6.07, 6.45) is 3.48. The van der Waals surface area contributed by atoms with E-state index < -0.39 is 0 Å². The number of ether oxygens (including phenoxy) is 1. The summed E-state index contributed by atoms with van der Waals surface area (Å²) in [6, 6.07) is -0.215. The van der Waals surface area contributed by atoms with E-state index in [1.54, 1.807) is 6.08 Å². The van der Waals surface area contributed by atoms with Gasteiger partial charge < -0.3 is 15.4 Å². The van der Waals surface area contributed by atoms with Crippen molar-refractivity contribution in [1.29, 1.82) is 0 Å².